The van der Waals surface area contributed by atoms with Crippen LogP contribution in [0.3, 0.4) is 0 Å². The highest BCUT2D eigenvalue weighted by Crippen LogP contribution is 2.20. The minimum Gasteiger partial charge on any atom is -0.459 e. The molecule has 1 saturated heterocycles. The Hall–Kier alpha value is -1.08. The molecule has 0 bridgehead atoms. The number of ether oxygens (including phenoxy) is 1. The molecule has 0 saturated carbocycles. The van der Waals surface area contributed by atoms with E-state index in [9.17, 15) is 4.79 Å². The summed E-state index contributed by atoms with van der Waals surface area (Å²) >= 11 is 0. The Kier molecular flexibility index (Phi) is 3.70. The lowest BCUT2D eigenvalue weighted by molar-refractivity contribution is -0.160. The van der Waals surface area contributed by atoms with Crippen LogP contribution >= 0.6 is 0 Å². The normalized spacial score (nSPS) is 22.4. The number of hydrogen-bond donors (Lipinski definition) is 0. The van der Waals surface area contributed by atoms with E-state index in [4.69, 9.17) is 10.00 Å². The van der Waals surface area contributed by atoms with Crippen LogP contribution in [-0.4, -0.2) is 35.6 Å². The lowest BCUT2D eigenvalue weighted by atomic mass is 10.1. The van der Waals surface area contributed by atoms with Crippen LogP contribution in [0, 0.1) is 11.3 Å². The van der Waals surface area contributed by atoms with Crippen molar-refractivity contribution >= 4 is 5.97 Å². The highest BCUT2D eigenvalue weighted by Gasteiger charge is 2.33. The van der Waals surface area contributed by atoms with Gasteiger partial charge in [-0.1, -0.05) is 0 Å². The van der Waals surface area contributed by atoms with E-state index in [1.54, 1.807) is 0 Å². The van der Waals surface area contributed by atoms with Crippen molar-refractivity contribution in [2.75, 3.05) is 13.1 Å². The molecule has 15 heavy (non-hydrogen) atoms. The Morgan fingerprint density at radius 1 is 1.60 bits per heavy atom. The van der Waals surface area contributed by atoms with E-state index in [0.717, 1.165) is 19.4 Å². The number of carbonyl (C=O) groups excluding carboxylic acids is 1. The van der Waals surface area contributed by atoms with E-state index in [1.807, 2.05) is 25.7 Å². The minimum atomic E-state index is -0.446. The molecule has 0 aromatic carbocycles. The summed E-state index contributed by atoms with van der Waals surface area (Å²) in [5.74, 6) is -0.199. The number of nitriles is 1. The van der Waals surface area contributed by atoms with Crippen molar-refractivity contribution in [3.05, 3.63) is 0 Å². The molecule has 1 heterocycles. The number of likely N-dealkylation sites (tertiary alicyclic amines) is 1. The maximum absolute atomic E-state index is 11.8. The summed E-state index contributed by atoms with van der Waals surface area (Å²) in [6.45, 7) is 6.69. The highest BCUT2D eigenvalue weighted by molar-refractivity contribution is 5.76. The van der Waals surface area contributed by atoms with E-state index in [-0.39, 0.29) is 12.0 Å². The zero-order valence-corrected chi connectivity index (χ0v) is 9.62. The monoisotopic (exact) mass is 210 g/mol. The van der Waals surface area contributed by atoms with Gasteiger partial charge in [0.1, 0.15) is 11.6 Å². The maximum atomic E-state index is 11.8. The third kappa shape index (κ3) is 3.52. The van der Waals surface area contributed by atoms with Crippen LogP contribution < -0.4 is 0 Å². The van der Waals surface area contributed by atoms with Crippen molar-refractivity contribution in [2.45, 2.75) is 45.3 Å². The first-order valence-corrected chi connectivity index (χ1v) is 5.28. The van der Waals surface area contributed by atoms with Gasteiger partial charge >= 0.3 is 5.97 Å². The molecule has 1 rings (SSSR count). The average molecular weight is 210 g/mol. The van der Waals surface area contributed by atoms with Gasteiger partial charge in [0.05, 0.1) is 12.6 Å². The predicted molar refractivity (Wildman–Crippen MR) is 56.1 cm³/mol. The smallest absolute Gasteiger partial charge is 0.323 e. The molecule has 4 heteroatoms. The number of rotatable bonds is 2. The zero-order valence-electron chi connectivity index (χ0n) is 9.62. The second-order valence-electron chi connectivity index (χ2n) is 4.82. The highest BCUT2D eigenvalue weighted by atomic mass is 16.6. The van der Waals surface area contributed by atoms with E-state index < -0.39 is 5.60 Å². The molecule has 84 valence electrons. The Morgan fingerprint density at radius 3 is 2.80 bits per heavy atom. The molecule has 0 unspecified atom stereocenters. The molecule has 1 fully saturated rings. The fourth-order valence-corrected chi connectivity index (χ4v) is 1.74. The molecule has 4 nitrogen and oxygen atoms in total. The third-order valence-electron chi connectivity index (χ3n) is 2.32. The third-order valence-corrected chi connectivity index (χ3v) is 2.32. The van der Waals surface area contributed by atoms with Crippen molar-refractivity contribution in [3.63, 3.8) is 0 Å². The molecule has 0 amide bonds. The van der Waals surface area contributed by atoms with Crippen molar-refractivity contribution in [2.24, 2.45) is 0 Å². The molecule has 0 aliphatic carbocycles. The number of esters is 1. The summed E-state index contributed by atoms with van der Waals surface area (Å²) in [4.78, 5) is 13.7. The van der Waals surface area contributed by atoms with Gasteiger partial charge in [0.15, 0.2) is 0 Å². The molecule has 1 aliphatic rings. The van der Waals surface area contributed by atoms with Crippen LogP contribution in [0.4, 0.5) is 0 Å². The van der Waals surface area contributed by atoms with E-state index in [0.29, 0.717) is 6.54 Å². The Balaban J connectivity index is 2.56. The van der Waals surface area contributed by atoms with Gasteiger partial charge in [0, 0.05) is 6.54 Å². The molecule has 1 aliphatic heterocycles. The van der Waals surface area contributed by atoms with Crippen molar-refractivity contribution < 1.29 is 9.53 Å². The van der Waals surface area contributed by atoms with Crippen LogP contribution in [0.1, 0.15) is 33.6 Å². The summed E-state index contributed by atoms with van der Waals surface area (Å²) in [7, 11) is 0. The van der Waals surface area contributed by atoms with Crippen molar-refractivity contribution in [1.82, 2.24) is 4.90 Å². The molecule has 0 aromatic rings. The second-order valence-corrected chi connectivity index (χ2v) is 4.82. The van der Waals surface area contributed by atoms with Gasteiger partial charge in [-0.2, -0.15) is 5.26 Å². The lowest BCUT2D eigenvalue weighted by Gasteiger charge is -2.25. The average Bonchev–Trinajstić information content (AvgIpc) is 2.49. The maximum Gasteiger partial charge on any atom is 0.323 e. The van der Waals surface area contributed by atoms with Gasteiger partial charge in [-0.25, -0.2) is 0 Å². The van der Waals surface area contributed by atoms with Gasteiger partial charge in [-0.15, -0.1) is 0 Å². The number of nitrogens with zero attached hydrogens (tertiary/aromatic N) is 2. The van der Waals surface area contributed by atoms with E-state index in [2.05, 4.69) is 6.07 Å². The van der Waals surface area contributed by atoms with Crippen molar-refractivity contribution in [1.29, 1.82) is 5.26 Å². The Labute approximate surface area is 90.8 Å². The van der Waals surface area contributed by atoms with Gasteiger partial charge in [0.2, 0.25) is 0 Å². The summed E-state index contributed by atoms with van der Waals surface area (Å²) in [5, 5.41) is 8.62. The largest absolute Gasteiger partial charge is 0.459 e. The van der Waals surface area contributed by atoms with Gasteiger partial charge in [0.25, 0.3) is 0 Å². The van der Waals surface area contributed by atoms with Gasteiger partial charge in [-0.05, 0) is 33.6 Å². The molecular formula is C11H18N2O2. The van der Waals surface area contributed by atoms with Crippen LogP contribution in [-0.2, 0) is 9.53 Å². The van der Waals surface area contributed by atoms with E-state index >= 15 is 0 Å². The summed E-state index contributed by atoms with van der Waals surface area (Å²) < 4.78 is 5.31. The number of carbonyl (C=O) groups is 1. The van der Waals surface area contributed by atoms with E-state index in [1.165, 1.54) is 0 Å². The minimum absolute atomic E-state index is 0.199. The lowest BCUT2D eigenvalue weighted by Crippen LogP contribution is -2.40. The van der Waals surface area contributed by atoms with Crippen molar-refractivity contribution in [3.8, 4) is 6.07 Å². The fraction of sp³-hybridized carbons (Fsp3) is 0.818. The van der Waals surface area contributed by atoms with Crippen LogP contribution in [0.5, 0.6) is 0 Å². The molecular weight excluding hydrogens is 192 g/mol. The van der Waals surface area contributed by atoms with Crippen LogP contribution in [0.25, 0.3) is 0 Å². The SMILES string of the molecule is CC(C)(C)OC(=O)[C@@H]1CCCN1CC#N. The second kappa shape index (κ2) is 4.63. The first kappa shape index (κ1) is 12.0. The van der Waals surface area contributed by atoms with Gasteiger partial charge < -0.3 is 4.74 Å². The summed E-state index contributed by atoms with van der Waals surface area (Å²) in [6, 6.07) is 1.86. The predicted octanol–water partition coefficient (Wildman–Crippen LogP) is 1.32. The number of hydrogen-bond acceptors (Lipinski definition) is 4. The first-order chi connectivity index (χ1) is 6.94. The molecule has 0 spiro atoms. The first-order valence-electron chi connectivity index (χ1n) is 5.28. The fourth-order valence-electron chi connectivity index (χ4n) is 1.74. The quantitative estimate of drug-likeness (QED) is 0.509. The zero-order chi connectivity index (χ0) is 11.5. The molecule has 0 aromatic heterocycles. The standard InChI is InChI=1S/C11H18N2O2/c1-11(2,3)15-10(14)9-5-4-7-13(9)8-6-12/h9H,4-5,7-8H2,1-3H3/t9-/m0/s1. The topological polar surface area (TPSA) is 53.3 Å². The van der Waals surface area contributed by atoms with Crippen LogP contribution in [0.15, 0.2) is 0 Å². The molecule has 0 radical (unpaired) electrons. The Morgan fingerprint density at radius 2 is 2.27 bits per heavy atom. The van der Waals surface area contributed by atoms with Gasteiger partial charge in [-0.3, -0.25) is 9.69 Å². The van der Waals surface area contributed by atoms with Crippen LogP contribution in [0.2, 0.25) is 0 Å². The molecule has 1 atom stereocenters. The molecule has 0 N–H and O–H groups in total. The Bertz CT molecular complexity index is 275. The summed E-state index contributed by atoms with van der Waals surface area (Å²) in [6.07, 6.45) is 1.77. The summed E-state index contributed by atoms with van der Waals surface area (Å²) in [5.41, 5.74) is -0.446.